The second kappa shape index (κ2) is 8.35. The molecule has 22 heavy (non-hydrogen) atoms. The van der Waals surface area contributed by atoms with Crippen molar-refractivity contribution in [2.75, 3.05) is 27.5 Å². The molecule has 1 amide bonds. The van der Waals surface area contributed by atoms with Crippen molar-refractivity contribution in [2.24, 2.45) is 0 Å². The Balaban J connectivity index is 5.75. The van der Waals surface area contributed by atoms with Gasteiger partial charge >= 0.3 is 11.9 Å². The fourth-order valence-electron chi connectivity index (χ4n) is 1.54. The second-order valence-corrected chi connectivity index (χ2v) is 10.8. The number of sulfonamides is 1. The van der Waals surface area contributed by atoms with Gasteiger partial charge in [-0.05, 0) is 25.2 Å². The maximum atomic E-state index is 12.0. The monoisotopic (exact) mass is 374 g/mol. The molecule has 0 aromatic heterocycles. The van der Waals surface area contributed by atoms with Crippen molar-refractivity contribution >= 4 is 40.3 Å². The first-order valence-corrected chi connectivity index (χ1v) is 11.0. The fraction of sp³-hybridized carbons (Fsp3) is 0.818. The average molecular weight is 374 g/mol. The number of esters is 1. The van der Waals surface area contributed by atoms with Gasteiger partial charge in [-0.15, -0.1) is 4.08 Å². The zero-order chi connectivity index (χ0) is 17.7. The van der Waals surface area contributed by atoms with E-state index in [2.05, 4.69) is 4.74 Å². The third-order valence-electron chi connectivity index (χ3n) is 2.88. The Kier molecular flexibility index (Phi) is 8.15. The van der Waals surface area contributed by atoms with E-state index in [-0.39, 0.29) is 6.10 Å². The Morgan fingerprint density at radius 2 is 1.82 bits per heavy atom. The Labute approximate surface area is 137 Å². The quantitative estimate of drug-likeness (QED) is 0.372. The van der Waals surface area contributed by atoms with Gasteiger partial charge in [0.15, 0.2) is 0 Å². The van der Waals surface area contributed by atoms with Crippen LogP contribution in [0.25, 0.3) is 0 Å². The lowest BCUT2D eigenvalue weighted by Gasteiger charge is -2.37. The Morgan fingerprint density at radius 1 is 1.32 bits per heavy atom. The van der Waals surface area contributed by atoms with Crippen LogP contribution in [-0.4, -0.2) is 62.6 Å². The number of hydrogen-bond acceptors (Lipinski definition) is 7. The topological polar surface area (TPSA) is 93.2 Å². The highest BCUT2D eigenvalue weighted by atomic mass is 32.5. The molecule has 2 unspecified atom stereocenters. The van der Waals surface area contributed by atoms with Gasteiger partial charge in [-0.25, -0.2) is 13.2 Å². The lowest BCUT2D eigenvalue weighted by atomic mass is 10.2. The number of ether oxygens (including phenoxy) is 1. The molecular weight excluding hydrogens is 351 g/mol. The fourth-order valence-corrected chi connectivity index (χ4v) is 6.78. The molecule has 0 aromatic carbocycles. The molecule has 0 bridgehead atoms. The Morgan fingerprint density at radius 3 is 2.18 bits per heavy atom. The van der Waals surface area contributed by atoms with Gasteiger partial charge in [-0.1, -0.05) is 13.3 Å². The van der Waals surface area contributed by atoms with Gasteiger partial charge in [0, 0.05) is 14.1 Å². The van der Waals surface area contributed by atoms with E-state index in [1.807, 2.05) is 6.92 Å². The number of carbonyl (C=O) groups excluding carboxylic acids is 2. The average Bonchev–Trinajstić information content (AvgIpc) is 2.42. The summed E-state index contributed by atoms with van der Waals surface area (Å²) in [6, 6.07) is 0. The standard InChI is InChI=1S/C11H23N2O6PS2/c1-7-8-9(2)19-20(21,13(4)22(6,16)17)12(3)10(14)11(15)18-5/h9H,7-8H2,1-6H3. The minimum atomic E-state index is -3.72. The summed E-state index contributed by atoms with van der Waals surface area (Å²) in [4.78, 5) is 23.4. The molecular formula is C11H23N2O6PS2. The maximum absolute atomic E-state index is 12.0. The highest BCUT2D eigenvalue weighted by Gasteiger charge is 2.41. The molecule has 130 valence electrons. The van der Waals surface area contributed by atoms with E-state index >= 15 is 0 Å². The molecule has 0 aliphatic heterocycles. The SMILES string of the molecule is CCCC(C)OP(=S)(N(C)C(=O)C(=O)OC)N(C)S(C)(=O)=O. The van der Waals surface area contributed by atoms with E-state index in [9.17, 15) is 18.0 Å². The zero-order valence-corrected chi connectivity index (χ0v) is 16.1. The molecule has 0 N–H and O–H groups in total. The van der Waals surface area contributed by atoms with Crippen molar-refractivity contribution in [3.05, 3.63) is 0 Å². The van der Waals surface area contributed by atoms with Crippen LogP contribution >= 0.6 is 6.57 Å². The molecule has 0 spiro atoms. The molecule has 0 aromatic rings. The molecule has 0 radical (unpaired) electrons. The van der Waals surface area contributed by atoms with Gasteiger partial charge in [0.2, 0.25) is 16.6 Å². The minimum Gasteiger partial charge on any atom is -0.462 e. The van der Waals surface area contributed by atoms with E-state index in [0.717, 1.165) is 28.5 Å². The van der Waals surface area contributed by atoms with E-state index < -0.39 is 28.5 Å². The van der Waals surface area contributed by atoms with Crippen molar-refractivity contribution in [1.29, 1.82) is 0 Å². The van der Waals surface area contributed by atoms with Gasteiger partial charge < -0.3 is 9.26 Å². The summed E-state index contributed by atoms with van der Waals surface area (Å²) in [7, 11) is -0.202. The summed E-state index contributed by atoms with van der Waals surface area (Å²) in [6.45, 7) is 0.200. The zero-order valence-electron chi connectivity index (χ0n) is 13.6. The molecule has 0 fully saturated rings. The van der Waals surface area contributed by atoms with Crippen LogP contribution in [0.3, 0.4) is 0 Å². The van der Waals surface area contributed by atoms with E-state index in [1.165, 1.54) is 14.1 Å². The van der Waals surface area contributed by atoms with Crippen molar-refractivity contribution in [2.45, 2.75) is 32.8 Å². The molecule has 0 rings (SSSR count). The predicted octanol–water partition coefficient (Wildman–Crippen LogP) is 0.939. The van der Waals surface area contributed by atoms with E-state index in [4.69, 9.17) is 16.3 Å². The number of amides is 1. The van der Waals surface area contributed by atoms with Crippen LogP contribution in [0.15, 0.2) is 0 Å². The van der Waals surface area contributed by atoms with Crippen LogP contribution in [0.4, 0.5) is 0 Å². The van der Waals surface area contributed by atoms with Crippen LogP contribution in [-0.2, 0) is 40.7 Å². The maximum Gasteiger partial charge on any atom is 0.397 e. The molecule has 0 saturated carbocycles. The number of rotatable bonds is 7. The third-order valence-corrected chi connectivity index (χ3v) is 9.72. The Hall–Kier alpha value is -0.540. The Bertz CT molecular complexity index is 565. The third kappa shape index (κ3) is 5.27. The van der Waals surface area contributed by atoms with Gasteiger partial charge in [0.05, 0.1) is 19.5 Å². The summed E-state index contributed by atoms with van der Waals surface area (Å²) in [6.07, 6.45) is 2.02. The van der Waals surface area contributed by atoms with Gasteiger partial charge in [-0.3, -0.25) is 9.46 Å². The first kappa shape index (κ1) is 21.5. The summed E-state index contributed by atoms with van der Waals surface area (Å²) < 4.78 is 35.4. The van der Waals surface area contributed by atoms with Gasteiger partial charge in [0.25, 0.3) is 0 Å². The summed E-state index contributed by atoms with van der Waals surface area (Å²) in [5.41, 5.74) is 0. The number of nitrogens with zero attached hydrogens (tertiary/aromatic N) is 2. The summed E-state index contributed by atoms with van der Waals surface area (Å²) >= 11 is 5.36. The van der Waals surface area contributed by atoms with Gasteiger partial charge in [0.1, 0.15) is 0 Å². The first-order chi connectivity index (χ1) is 9.91. The van der Waals surface area contributed by atoms with E-state index in [0.29, 0.717) is 6.42 Å². The van der Waals surface area contributed by atoms with Crippen LogP contribution in [0.1, 0.15) is 26.7 Å². The molecule has 0 saturated heterocycles. The number of hydrogen-bond donors (Lipinski definition) is 0. The number of carbonyl (C=O) groups is 2. The lowest BCUT2D eigenvalue weighted by molar-refractivity contribution is -0.155. The van der Waals surface area contributed by atoms with Gasteiger partial charge in [-0.2, -0.15) is 0 Å². The van der Waals surface area contributed by atoms with Crippen LogP contribution in [0.5, 0.6) is 0 Å². The molecule has 2 atom stereocenters. The predicted molar refractivity (Wildman–Crippen MR) is 87.1 cm³/mol. The molecule has 0 aliphatic carbocycles. The largest absolute Gasteiger partial charge is 0.462 e. The van der Waals surface area contributed by atoms with Crippen molar-refractivity contribution < 1.29 is 27.3 Å². The number of likely N-dealkylation sites (N-methyl/N-ethyl adjacent to an activating group) is 1. The first-order valence-electron chi connectivity index (χ1n) is 6.51. The lowest BCUT2D eigenvalue weighted by Crippen LogP contribution is -2.39. The highest BCUT2D eigenvalue weighted by molar-refractivity contribution is 8.14. The number of methoxy groups -OCH3 is 1. The van der Waals surface area contributed by atoms with Crippen LogP contribution in [0, 0.1) is 0 Å². The summed E-state index contributed by atoms with van der Waals surface area (Å²) in [5.74, 6) is -2.18. The molecule has 8 nitrogen and oxygen atoms in total. The smallest absolute Gasteiger partial charge is 0.397 e. The van der Waals surface area contributed by atoms with Crippen molar-refractivity contribution in [1.82, 2.24) is 8.75 Å². The normalized spacial score (nSPS) is 16.0. The molecule has 11 heteroatoms. The van der Waals surface area contributed by atoms with Crippen LogP contribution < -0.4 is 0 Å². The second-order valence-electron chi connectivity index (χ2n) is 4.71. The molecule has 0 heterocycles. The summed E-state index contributed by atoms with van der Waals surface area (Å²) in [5, 5.41) is 0. The minimum absolute atomic E-state index is 0.368. The van der Waals surface area contributed by atoms with Crippen molar-refractivity contribution in [3.63, 3.8) is 0 Å². The van der Waals surface area contributed by atoms with E-state index in [1.54, 1.807) is 6.92 Å². The highest BCUT2D eigenvalue weighted by Crippen LogP contribution is 2.55. The van der Waals surface area contributed by atoms with Crippen LogP contribution in [0.2, 0.25) is 0 Å². The van der Waals surface area contributed by atoms with Crippen molar-refractivity contribution in [3.8, 4) is 0 Å². The molecule has 0 aliphatic rings.